The fourth-order valence-electron chi connectivity index (χ4n) is 3.10. The van der Waals surface area contributed by atoms with E-state index in [4.69, 9.17) is 21.6 Å². The smallest absolute Gasteiger partial charge is 0.195 e. The van der Waals surface area contributed by atoms with Crippen LogP contribution in [-0.4, -0.2) is 50.0 Å². The molecule has 0 aliphatic carbocycles. The highest BCUT2D eigenvalue weighted by molar-refractivity contribution is 5.96. The molecule has 0 aromatic heterocycles. The van der Waals surface area contributed by atoms with Crippen molar-refractivity contribution in [3.05, 3.63) is 0 Å². The van der Waals surface area contributed by atoms with Crippen molar-refractivity contribution in [2.45, 2.75) is 79.1 Å². The minimum Gasteiger partial charge on any atom is -0.356 e. The van der Waals surface area contributed by atoms with Gasteiger partial charge in [-0.1, -0.05) is 66.2 Å². The molecule has 0 rings (SSSR count). The van der Waals surface area contributed by atoms with Crippen LogP contribution in [0, 0.1) is 33.5 Å². The predicted molar refractivity (Wildman–Crippen MR) is 136 cm³/mol. The van der Waals surface area contributed by atoms with Gasteiger partial charge in [-0.2, -0.15) is 0 Å². The maximum absolute atomic E-state index is 7.85. The number of guanidine groups is 4. The Hall–Kier alpha value is -2.52. The van der Waals surface area contributed by atoms with Crippen LogP contribution in [0.2, 0.25) is 0 Å². The molecule has 10 nitrogen and oxygen atoms in total. The first-order chi connectivity index (χ1) is 15.4. The Kier molecular flexibility index (Phi) is 17.7. The Morgan fingerprint density at radius 2 is 0.812 bits per heavy atom. The average molecular weight is 453 g/mol. The number of hydrogen-bond acceptors (Lipinski definition) is 4. The lowest BCUT2D eigenvalue weighted by atomic mass is 10.0. The molecule has 0 aliphatic rings. The molecule has 0 radical (unpaired) electrons. The van der Waals surface area contributed by atoms with Gasteiger partial charge < -0.3 is 21.3 Å². The van der Waals surface area contributed by atoms with Gasteiger partial charge in [0.25, 0.3) is 0 Å². The molecule has 0 aromatic carbocycles. The van der Waals surface area contributed by atoms with Crippen molar-refractivity contribution in [2.75, 3.05) is 26.2 Å². The van der Waals surface area contributed by atoms with Crippen molar-refractivity contribution >= 4 is 23.8 Å². The predicted octanol–water partition coefficient (Wildman–Crippen LogP) is 2.70. The molecule has 10 heteroatoms. The van der Waals surface area contributed by atoms with Crippen molar-refractivity contribution in [3.63, 3.8) is 0 Å². The monoisotopic (exact) mass is 452 g/mol. The first kappa shape index (κ1) is 29.5. The van der Waals surface area contributed by atoms with Gasteiger partial charge in [0.1, 0.15) is 0 Å². The zero-order valence-corrected chi connectivity index (χ0v) is 20.6. The van der Waals surface area contributed by atoms with E-state index in [0.717, 1.165) is 64.5 Å². The van der Waals surface area contributed by atoms with Crippen molar-refractivity contribution < 1.29 is 0 Å². The second-order valence-electron chi connectivity index (χ2n) is 8.14. The Morgan fingerprint density at radius 3 is 1.12 bits per heavy atom. The number of rotatable bonds is 15. The summed E-state index contributed by atoms with van der Waals surface area (Å²) in [6, 6.07) is 0. The fourth-order valence-corrected chi connectivity index (χ4v) is 3.10. The summed E-state index contributed by atoms with van der Waals surface area (Å²) in [5.41, 5.74) is 0. The third-order valence-electron chi connectivity index (χ3n) is 5.65. The minimum atomic E-state index is 0.147. The number of unbranched alkanes of at least 4 members (excludes halogenated alkanes) is 3. The van der Waals surface area contributed by atoms with E-state index in [1.54, 1.807) is 0 Å². The van der Waals surface area contributed by atoms with Crippen LogP contribution in [0.4, 0.5) is 0 Å². The van der Waals surface area contributed by atoms with Gasteiger partial charge >= 0.3 is 0 Å². The molecule has 0 heterocycles. The van der Waals surface area contributed by atoms with Crippen LogP contribution in [-0.2, 0) is 0 Å². The first-order valence-corrected chi connectivity index (χ1v) is 12.2. The quantitative estimate of drug-likeness (QED) is 0.104. The summed E-state index contributed by atoms with van der Waals surface area (Å²) in [4.78, 5) is 0. The largest absolute Gasteiger partial charge is 0.356 e. The molecule has 0 saturated heterocycles. The van der Waals surface area contributed by atoms with Crippen LogP contribution in [0.1, 0.15) is 79.1 Å². The van der Waals surface area contributed by atoms with Gasteiger partial charge in [-0.15, -0.1) is 0 Å². The summed E-state index contributed by atoms with van der Waals surface area (Å²) < 4.78 is 0. The van der Waals surface area contributed by atoms with Crippen LogP contribution in [0.5, 0.6) is 0 Å². The summed E-state index contributed by atoms with van der Waals surface area (Å²) >= 11 is 0. The molecule has 0 spiro atoms. The highest BCUT2D eigenvalue weighted by Gasteiger charge is 2.06. The third-order valence-corrected chi connectivity index (χ3v) is 5.65. The van der Waals surface area contributed by atoms with Crippen LogP contribution in [0.25, 0.3) is 0 Å². The maximum atomic E-state index is 7.85. The molecule has 0 saturated carbocycles. The lowest BCUT2D eigenvalue weighted by Gasteiger charge is -2.16. The third kappa shape index (κ3) is 16.2. The highest BCUT2D eigenvalue weighted by atomic mass is 15.2. The summed E-state index contributed by atoms with van der Waals surface area (Å²) in [5.74, 6) is 1.72. The second-order valence-corrected chi connectivity index (χ2v) is 8.14. The zero-order valence-electron chi connectivity index (χ0n) is 20.6. The van der Waals surface area contributed by atoms with Gasteiger partial charge in [0.15, 0.2) is 23.8 Å². The van der Waals surface area contributed by atoms with Crippen LogP contribution in [0.3, 0.4) is 0 Å². The topological polar surface area (TPSA) is 168 Å². The van der Waals surface area contributed by atoms with E-state index in [1.165, 1.54) is 0 Å². The summed E-state index contributed by atoms with van der Waals surface area (Å²) in [6.45, 7) is 11.5. The molecular weight excluding hydrogens is 404 g/mol. The van der Waals surface area contributed by atoms with Crippen molar-refractivity contribution in [1.29, 1.82) is 21.6 Å². The van der Waals surface area contributed by atoms with E-state index >= 15 is 0 Å². The summed E-state index contributed by atoms with van der Waals surface area (Å²) in [5, 5.41) is 48.9. The Bertz CT molecular complexity index is 493. The molecule has 186 valence electrons. The Balaban J connectivity index is 3.65. The lowest BCUT2D eigenvalue weighted by molar-refractivity contribution is 0.482. The van der Waals surface area contributed by atoms with Crippen LogP contribution >= 0.6 is 0 Å². The second kappa shape index (κ2) is 19.2. The zero-order chi connectivity index (χ0) is 24.2. The van der Waals surface area contributed by atoms with E-state index in [-0.39, 0.29) is 23.8 Å². The molecule has 0 aliphatic heterocycles. The van der Waals surface area contributed by atoms with Crippen molar-refractivity contribution in [3.8, 4) is 0 Å². The summed E-state index contributed by atoms with van der Waals surface area (Å²) in [6.07, 6.45) is 8.27. The molecule has 0 aromatic rings. The number of hydrogen-bond donors (Lipinski definition) is 10. The maximum Gasteiger partial charge on any atom is 0.195 e. The molecular formula is C22H48N10. The van der Waals surface area contributed by atoms with E-state index in [0.29, 0.717) is 24.9 Å². The van der Waals surface area contributed by atoms with E-state index < -0.39 is 0 Å². The van der Waals surface area contributed by atoms with Crippen LogP contribution < -0.4 is 31.9 Å². The van der Waals surface area contributed by atoms with Crippen LogP contribution in [0.15, 0.2) is 0 Å². The Morgan fingerprint density at radius 1 is 0.500 bits per heavy atom. The molecule has 0 atom stereocenters. The van der Waals surface area contributed by atoms with Gasteiger partial charge in [-0.3, -0.25) is 32.3 Å². The fraction of sp³-hybridized carbons (Fsp3) is 0.818. The molecule has 0 amide bonds. The van der Waals surface area contributed by atoms with Crippen molar-refractivity contribution in [2.24, 2.45) is 11.8 Å². The summed E-state index contributed by atoms with van der Waals surface area (Å²) in [7, 11) is 0. The molecule has 0 unspecified atom stereocenters. The van der Waals surface area contributed by atoms with Gasteiger partial charge in [-0.05, 0) is 24.7 Å². The lowest BCUT2D eigenvalue weighted by Crippen LogP contribution is -2.47. The molecule has 0 bridgehead atoms. The minimum absolute atomic E-state index is 0.147. The Labute approximate surface area is 194 Å². The molecule has 0 fully saturated rings. The highest BCUT2D eigenvalue weighted by Crippen LogP contribution is 2.05. The van der Waals surface area contributed by atoms with E-state index in [1.807, 2.05) is 0 Å². The van der Waals surface area contributed by atoms with Gasteiger partial charge in [0.05, 0.1) is 0 Å². The van der Waals surface area contributed by atoms with Gasteiger partial charge in [0.2, 0.25) is 0 Å². The van der Waals surface area contributed by atoms with Crippen molar-refractivity contribution in [1.82, 2.24) is 31.9 Å². The first-order valence-electron chi connectivity index (χ1n) is 12.2. The average Bonchev–Trinajstić information content (AvgIpc) is 2.76. The van der Waals surface area contributed by atoms with E-state index in [9.17, 15) is 0 Å². The molecule has 10 N–H and O–H groups in total. The van der Waals surface area contributed by atoms with Gasteiger partial charge in [-0.25, -0.2) is 0 Å². The van der Waals surface area contributed by atoms with Gasteiger partial charge in [0, 0.05) is 26.2 Å². The molecule has 32 heavy (non-hydrogen) atoms. The van der Waals surface area contributed by atoms with E-state index in [2.05, 4.69) is 59.6 Å². The number of nitrogens with one attached hydrogen (secondary N) is 10. The normalized spacial score (nSPS) is 10.6. The SMILES string of the molecule is CCC(CC)CNC(=N)NC(=N)NCCCCCCNC(=N)NC(=N)NCC(CC)CC. The standard InChI is InChI=1S/C22H48N10/c1-5-17(6-2)15-29-21(25)31-19(23)27-13-11-9-10-12-14-28-20(24)32-22(26)30-16-18(7-3)8-4/h17-18H,5-16H2,1-4H3,(H5,23,25,27,29,31)(H5,24,26,28,30,32).